The molecule has 2 aromatic carbocycles. The van der Waals surface area contributed by atoms with Crippen molar-refractivity contribution in [1.82, 2.24) is 5.32 Å². The predicted octanol–water partition coefficient (Wildman–Crippen LogP) is 4.21. The molecule has 0 bridgehead atoms. The van der Waals surface area contributed by atoms with Gasteiger partial charge < -0.3 is 10.1 Å². The SMILES string of the molecule is CCCNCc1ccccc1OCc1cc(F)ccc1C. The molecule has 0 unspecified atom stereocenters. The average molecular weight is 287 g/mol. The fraction of sp³-hybridized carbons (Fsp3) is 0.333. The molecule has 3 heteroatoms. The number of para-hydroxylation sites is 1. The Morgan fingerprint density at radius 1 is 1.10 bits per heavy atom. The summed E-state index contributed by atoms with van der Waals surface area (Å²) in [4.78, 5) is 0. The van der Waals surface area contributed by atoms with Gasteiger partial charge in [-0.3, -0.25) is 0 Å². The normalized spacial score (nSPS) is 10.6. The molecular weight excluding hydrogens is 265 g/mol. The van der Waals surface area contributed by atoms with Gasteiger partial charge in [0.25, 0.3) is 0 Å². The van der Waals surface area contributed by atoms with Crippen LogP contribution in [-0.4, -0.2) is 6.54 Å². The van der Waals surface area contributed by atoms with Crippen LogP contribution in [-0.2, 0) is 13.2 Å². The number of aryl methyl sites for hydroxylation is 1. The van der Waals surface area contributed by atoms with Crippen LogP contribution in [0.4, 0.5) is 4.39 Å². The standard InChI is InChI=1S/C18H22FNO/c1-3-10-20-12-15-6-4-5-7-18(15)21-13-16-11-17(19)9-8-14(16)2/h4-9,11,20H,3,10,12-13H2,1-2H3. The summed E-state index contributed by atoms with van der Waals surface area (Å²) in [7, 11) is 0. The number of benzene rings is 2. The highest BCUT2D eigenvalue weighted by atomic mass is 19.1. The molecule has 0 saturated carbocycles. The van der Waals surface area contributed by atoms with E-state index in [4.69, 9.17) is 4.74 Å². The van der Waals surface area contributed by atoms with Crippen molar-refractivity contribution in [2.24, 2.45) is 0 Å². The zero-order valence-corrected chi connectivity index (χ0v) is 12.7. The van der Waals surface area contributed by atoms with Gasteiger partial charge in [0, 0.05) is 12.1 Å². The Hall–Kier alpha value is -1.87. The summed E-state index contributed by atoms with van der Waals surface area (Å²) in [5, 5.41) is 3.37. The summed E-state index contributed by atoms with van der Waals surface area (Å²) in [6, 6.07) is 12.8. The smallest absolute Gasteiger partial charge is 0.124 e. The second kappa shape index (κ2) is 7.79. The maximum Gasteiger partial charge on any atom is 0.124 e. The summed E-state index contributed by atoms with van der Waals surface area (Å²) in [6.07, 6.45) is 1.10. The van der Waals surface area contributed by atoms with Crippen molar-refractivity contribution >= 4 is 0 Å². The van der Waals surface area contributed by atoms with Crippen LogP contribution in [0.3, 0.4) is 0 Å². The maximum absolute atomic E-state index is 13.3. The van der Waals surface area contributed by atoms with E-state index in [1.165, 1.54) is 12.1 Å². The Bertz CT molecular complexity index is 583. The molecule has 1 N–H and O–H groups in total. The van der Waals surface area contributed by atoms with Crippen molar-refractivity contribution in [3.8, 4) is 5.75 Å². The molecular formula is C18H22FNO. The maximum atomic E-state index is 13.3. The van der Waals surface area contributed by atoms with E-state index < -0.39 is 0 Å². The average Bonchev–Trinajstić information content (AvgIpc) is 2.49. The highest BCUT2D eigenvalue weighted by molar-refractivity contribution is 5.34. The van der Waals surface area contributed by atoms with Gasteiger partial charge in [0.15, 0.2) is 0 Å². The molecule has 0 aliphatic heterocycles. The van der Waals surface area contributed by atoms with Crippen molar-refractivity contribution in [3.63, 3.8) is 0 Å². The van der Waals surface area contributed by atoms with Crippen molar-refractivity contribution in [2.45, 2.75) is 33.4 Å². The van der Waals surface area contributed by atoms with Crippen LogP contribution in [0.2, 0.25) is 0 Å². The molecule has 0 spiro atoms. The van der Waals surface area contributed by atoms with E-state index in [0.717, 1.165) is 42.0 Å². The Labute approximate surface area is 126 Å². The zero-order chi connectivity index (χ0) is 15.1. The molecule has 21 heavy (non-hydrogen) atoms. The number of hydrogen-bond acceptors (Lipinski definition) is 2. The summed E-state index contributed by atoms with van der Waals surface area (Å²) in [6.45, 7) is 6.26. The lowest BCUT2D eigenvalue weighted by molar-refractivity contribution is 0.300. The number of nitrogens with one attached hydrogen (secondary N) is 1. The quantitative estimate of drug-likeness (QED) is 0.770. The molecule has 0 radical (unpaired) electrons. The Morgan fingerprint density at radius 2 is 1.90 bits per heavy atom. The minimum absolute atomic E-state index is 0.225. The third-order valence-corrected chi connectivity index (χ3v) is 3.41. The number of ether oxygens (including phenoxy) is 1. The first-order valence-corrected chi connectivity index (χ1v) is 7.37. The largest absolute Gasteiger partial charge is 0.489 e. The van der Waals surface area contributed by atoms with Gasteiger partial charge in [0.05, 0.1) is 0 Å². The minimum Gasteiger partial charge on any atom is -0.489 e. The second-order valence-corrected chi connectivity index (χ2v) is 5.14. The van der Waals surface area contributed by atoms with Gasteiger partial charge >= 0.3 is 0 Å². The van der Waals surface area contributed by atoms with Gasteiger partial charge in [0.1, 0.15) is 18.2 Å². The monoisotopic (exact) mass is 287 g/mol. The van der Waals surface area contributed by atoms with Crippen LogP contribution in [0.15, 0.2) is 42.5 Å². The zero-order valence-electron chi connectivity index (χ0n) is 12.7. The van der Waals surface area contributed by atoms with Gasteiger partial charge in [0.2, 0.25) is 0 Å². The Kier molecular flexibility index (Phi) is 5.76. The fourth-order valence-electron chi connectivity index (χ4n) is 2.14. The first-order chi connectivity index (χ1) is 10.2. The molecule has 0 aliphatic carbocycles. The molecule has 0 heterocycles. The molecule has 0 saturated heterocycles. The van der Waals surface area contributed by atoms with Crippen LogP contribution in [0.5, 0.6) is 5.75 Å². The van der Waals surface area contributed by atoms with Gasteiger partial charge in [-0.05, 0) is 49.2 Å². The molecule has 112 valence electrons. The second-order valence-electron chi connectivity index (χ2n) is 5.14. The van der Waals surface area contributed by atoms with Crippen LogP contribution in [0, 0.1) is 12.7 Å². The lowest BCUT2D eigenvalue weighted by atomic mass is 10.1. The molecule has 2 rings (SSSR count). The summed E-state index contributed by atoms with van der Waals surface area (Å²) < 4.78 is 19.2. The first kappa shape index (κ1) is 15.5. The molecule has 0 amide bonds. The van der Waals surface area contributed by atoms with E-state index >= 15 is 0 Å². The van der Waals surface area contributed by atoms with Gasteiger partial charge in [-0.15, -0.1) is 0 Å². The van der Waals surface area contributed by atoms with Crippen LogP contribution >= 0.6 is 0 Å². The van der Waals surface area contributed by atoms with Crippen LogP contribution in [0.25, 0.3) is 0 Å². The summed E-state index contributed by atoms with van der Waals surface area (Å²) >= 11 is 0. The minimum atomic E-state index is -0.225. The number of halogens is 1. The van der Waals surface area contributed by atoms with E-state index in [1.54, 1.807) is 6.07 Å². The number of rotatable bonds is 7. The topological polar surface area (TPSA) is 21.3 Å². The van der Waals surface area contributed by atoms with Crippen LogP contribution < -0.4 is 10.1 Å². The van der Waals surface area contributed by atoms with E-state index in [1.807, 2.05) is 25.1 Å². The van der Waals surface area contributed by atoms with Gasteiger partial charge in [-0.2, -0.15) is 0 Å². The molecule has 0 aromatic heterocycles. The molecule has 0 fully saturated rings. The van der Waals surface area contributed by atoms with Crippen molar-refractivity contribution < 1.29 is 9.13 Å². The van der Waals surface area contributed by atoms with Gasteiger partial charge in [-0.1, -0.05) is 31.2 Å². The summed E-state index contributed by atoms with van der Waals surface area (Å²) in [5.41, 5.74) is 3.05. The Morgan fingerprint density at radius 3 is 2.71 bits per heavy atom. The lowest BCUT2D eigenvalue weighted by Gasteiger charge is -2.13. The van der Waals surface area contributed by atoms with Crippen molar-refractivity contribution in [1.29, 1.82) is 0 Å². The molecule has 2 nitrogen and oxygen atoms in total. The lowest BCUT2D eigenvalue weighted by Crippen LogP contribution is -2.14. The molecule has 0 atom stereocenters. The van der Waals surface area contributed by atoms with Crippen molar-refractivity contribution in [3.05, 3.63) is 65.0 Å². The highest BCUT2D eigenvalue weighted by Crippen LogP contribution is 2.20. The fourth-order valence-corrected chi connectivity index (χ4v) is 2.14. The van der Waals surface area contributed by atoms with E-state index in [0.29, 0.717) is 6.61 Å². The third-order valence-electron chi connectivity index (χ3n) is 3.41. The van der Waals surface area contributed by atoms with E-state index in [-0.39, 0.29) is 5.82 Å². The first-order valence-electron chi connectivity index (χ1n) is 7.37. The van der Waals surface area contributed by atoms with E-state index in [9.17, 15) is 4.39 Å². The molecule has 2 aromatic rings. The highest BCUT2D eigenvalue weighted by Gasteiger charge is 2.05. The predicted molar refractivity (Wildman–Crippen MR) is 83.9 cm³/mol. The Balaban J connectivity index is 2.04. The van der Waals surface area contributed by atoms with Gasteiger partial charge in [-0.25, -0.2) is 4.39 Å². The van der Waals surface area contributed by atoms with Crippen LogP contribution in [0.1, 0.15) is 30.0 Å². The number of hydrogen-bond donors (Lipinski definition) is 1. The van der Waals surface area contributed by atoms with Crippen molar-refractivity contribution in [2.75, 3.05) is 6.54 Å². The summed E-state index contributed by atoms with van der Waals surface area (Å²) in [5.74, 6) is 0.627. The van der Waals surface area contributed by atoms with E-state index in [2.05, 4.69) is 18.3 Å². The molecule has 0 aliphatic rings. The third kappa shape index (κ3) is 4.57.